The van der Waals surface area contributed by atoms with E-state index in [2.05, 4.69) is 34.3 Å². The zero-order chi connectivity index (χ0) is 13.9. The topological polar surface area (TPSA) is 53.9 Å². The van der Waals surface area contributed by atoms with E-state index in [0.717, 1.165) is 43.3 Å². The third kappa shape index (κ3) is 2.51. The van der Waals surface area contributed by atoms with E-state index < -0.39 is 0 Å². The van der Waals surface area contributed by atoms with Gasteiger partial charge in [0, 0.05) is 18.6 Å². The first-order valence-corrected chi connectivity index (χ1v) is 8.06. The van der Waals surface area contributed by atoms with Crippen molar-refractivity contribution in [3.63, 3.8) is 0 Å². The van der Waals surface area contributed by atoms with Gasteiger partial charge in [-0.1, -0.05) is 13.8 Å². The highest BCUT2D eigenvalue weighted by molar-refractivity contribution is 5.35. The molecule has 0 bridgehead atoms. The molecule has 0 spiro atoms. The molecule has 1 aromatic rings. The van der Waals surface area contributed by atoms with Gasteiger partial charge in [0.1, 0.15) is 0 Å². The van der Waals surface area contributed by atoms with Gasteiger partial charge in [-0.3, -0.25) is 0 Å². The molecule has 0 aromatic carbocycles. The largest absolute Gasteiger partial charge is 0.335 e. The second-order valence-electron chi connectivity index (χ2n) is 5.82. The quantitative estimate of drug-likeness (QED) is 0.906. The first kappa shape index (κ1) is 13.7. The summed E-state index contributed by atoms with van der Waals surface area (Å²) in [5.41, 5.74) is 2.16. The van der Waals surface area contributed by atoms with Crippen LogP contribution in [-0.2, 0) is 12.8 Å². The van der Waals surface area contributed by atoms with E-state index in [9.17, 15) is 0 Å². The van der Waals surface area contributed by atoms with Crippen LogP contribution in [0.4, 0.5) is 5.95 Å². The van der Waals surface area contributed by atoms with Crippen LogP contribution in [0, 0.1) is 0 Å². The second-order valence-corrected chi connectivity index (χ2v) is 5.82. The van der Waals surface area contributed by atoms with Crippen LogP contribution >= 0.6 is 0 Å². The smallest absolute Gasteiger partial charge is 0.245 e. The Balaban J connectivity index is 1.83. The van der Waals surface area contributed by atoms with Crippen LogP contribution < -0.4 is 10.2 Å². The molecule has 0 radical (unpaired) electrons. The van der Waals surface area contributed by atoms with Crippen molar-refractivity contribution in [3.05, 3.63) is 11.4 Å². The SMILES string of the molecule is CCc1nnc(N2CCCC2C2CCCN2)nc1CC. The minimum Gasteiger partial charge on any atom is -0.335 e. The van der Waals surface area contributed by atoms with Gasteiger partial charge in [0.2, 0.25) is 5.95 Å². The van der Waals surface area contributed by atoms with Crippen molar-refractivity contribution in [2.45, 2.75) is 64.5 Å². The number of nitrogens with one attached hydrogen (secondary N) is 1. The summed E-state index contributed by atoms with van der Waals surface area (Å²) < 4.78 is 0. The van der Waals surface area contributed by atoms with Crippen LogP contribution in [0.1, 0.15) is 50.9 Å². The molecule has 110 valence electrons. The average Bonchev–Trinajstić information content (AvgIpc) is 3.16. The molecule has 5 heteroatoms. The molecule has 0 saturated carbocycles. The Morgan fingerprint density at radius 3 is 2.65 bits per heavy atom. The van der Waals surface area contributed by atoms with Crippen LogP contribution in [0.3, 0.4) is 0 Å². The molecule has 20 heavy (non-hydrogen) atoms. The normalized spacial score (nSPS) is 26.4. The molecule has 0 amide bonds. The number of nitrogens with zero attached hydrogens (tertiary/aromatic N) is 4. The fourth-order valence-corrected chi connectivity index (χ4v) is 3.55. The third-order valence-electron chi connectivity index (χ3n) is 4.62. The summed E-state index contributed by atoms with van der Waals surface area (Å²) in [5, 5.41) is 12.4. The Labute approximate surface area is 121 Å². The van der Waals surface area contributed by atoms with Gasteiger partial charge in [0.15, 0.2) is 0 Å². The van der Waals surface area contributed by atoms with E-state index >= 15 is 0 Å². The maximum Gasteiger partial charge on any atom is 0.245 e. The minimum absolute atomic E-state index is 0.552. The van der Waals surface area contributed by atoms with Crippen molar-refractivity contribution in [1.29, 1.82) is 0 Å². The Morgan fingerprint density at radius 1 is 1.10 bits per heavy atom. The molecule has 5 nitrogen and oxygen atoms in total. The molecule has 2 atom stereocenters. The predicted octanol–water partition coefficient (Wildman–Crippen LogP) is 1.72. The van der Waals surface area contributed by atoms with Gasteiger partial charge in [0.05, 0.1) is 11.4 Å². The van der Waals surface area contributed by atoms with Crippen LogP contribution in [-0.4, -0.2) is 40.4 Å². The van der Waals surface area contributed by atoms with Crippen molar-refractivity contribution in [2.24, 2.45) is 0 Å². The Kier molecular flexibility index (Phi) is 4.15. The number of anilines is 1. The molecular weight excluding hydrogens is 250 g/mol. The highest BCUT2D eigenvalue weighted by atomic mass is 15.4. The number of aromatic nitrogens is 3. The maximum absolute atomic E-state index is 4.79. The van der Waals surface area contributed by atoms with Gasteiger partial charge in [-0.25, -0.2) is 4.98 Å². The molecule has 2 aliphatic heterocycles. The number of hydrogen-bond donors (Lipinski definition) is 1. The third-order valence-corrected chi connectivity index (χ3v) is 4.62. The van der Waals surface area contributed by atoms with Gasteiger partial charge >= 0.3 is 0 Å². The average molecular weight is 275 g/mol. The second kappa shape index (κ2) is 6.04. The Hall–Kier alpha value is -1.23. The first-order chi connectivity index (χ1) is 9.83. The summed E-state index contributed by atoms with van der Waals surface area (Å²) in [4.78, 5) is 7.17. The molecular formula is C15H25N5. The summed E-state index contributed by atoms with van der Waals surface area (Å²) in [5.74, 6) is 0.843. The summed E-state index contributed by atoms with van der Waals surface area (Å²) >= 11 is 0. The Morgan fingerprint density at radius 2 is 1.95 bits per heavy atom. The summed E-state index contributed by atoms with van der Waals surface area (Å²) in [7, 11) is 0. The van der Waals surface area contributed by atoms with Crippen LogP contribution in [0.2, 0.25) is 0 Å². The standard InChI is InChI=1S/C15H25N5/c1-3-11-12(4-2)18-19-15(17-11)20-10-6-8-14(20)13-7-5-9-16-13/h13-14,16H,3-10H2,1-2H3. The van der Waals surface area contributed by atoms with Gasteiger partial charge in [-0.15, -0.1) is 5.10 Å². The van der Waals surface area contributed by atoms with E-state index in [1.54, 1.807) is 0 Å². The molecule has 0 aliphatic carbocycles. The minimum atomic E-state index is 0.552. The van der Waals surface area contributed by atoms with Crippen molar-refractivity contribution in [2.75, 3.05) is 18.0 Å². The predicted molar refractivity (Wildman–Crippen MR) is 80.0 cm³/mol. The molecule has 3 heterocycles. The van der Waals surface area contributed by atoms with Crippen LogP contribution in [0.5, 0.6) is 0 Å². The zero-order valence-electron chi connectivity index (χ0n) is 12.6. The summed E-state index contributed by atoms with van der Waals surface area (Å²) in [6.07, 6.45) is 6.91. The number of aryl methyl sites for hydroxylation is 2. The molecule has 2 aliphatic rings. The highest BCUT2D eigenvalue weighted by Crippen LogP contribution is 2.28. The fraction of sp³-hybridized carbons (Fsp3) is 0.800. The molecule has 1 aromatic heterocycles. The van der Waals surface area contributed by atoms with Crippen molar-refractivity contribution in [1.82, 2.24) is 20.5 Å². The van der Waals surface area contributed by atoms with E-state index in [0.29, 0.717) is 12.1 Å². The van der Waals surface area contributed by atoms with Crippen molar-refractivity contribution >= 4 is 5.95 Å². The van der Waals surface area contributed by atoms with E-state index in [1.807, 2.05) is 0 Å². The van der Waals surface area contributed by atoms with E-state index in [4.69, 9.17) is 4.98 Å². The summed E-state index contributed by atoms with van der Waals surface area (Å²) in [6, 6.07) is 1.16. The zero-order valence-corrected chi connectivity index (χ0v) is 12.6. The van der Waals surface area contributed by atoms with Gasteiger partial charge < -0.3 is 10.2 Å². The number of rotatable bonds is 4. The number of hydrogen-bond acceptors (Lipinski definition) is 5. The molecule has 3 rings (SSSR count). The van der Waals surface area contributed by atoms with Gasteiger partial charge in [-0.2, -0.15) is 5.10 Å². The molecule has 2 unspecified atom stereocenters. The lowest BCUT2D eigenvalue weighted by atomic mass is 10.0. The van der Waals surface area contributed by atoms with Crippen molar-refractivity contribution < 1.29 is 0 Å². The van der Waals surface area contributed by atoms with Crippen LogP contribution in [0.15, 0.2) is 0 Å². The lowest BCUT2D eigenvalue weighted by molar-refractivity contribution is 0.477. The lowest BCUT2D eigenvalue weighted by Crippen LogP contribution is -2.44. The van der Waals surface area contributed by atoms with Gasteiger partial charge in [-0.05, 0) is 45.1 Å². The summed E-state index contributed by atoms with van der Waals surface area (Å²) in [6.45, 7) is 6.49. The van der Waals surface area contributed by atoms with E-state index in [-0.39, 0.29) is 0 Å². The van der Waals surface area contributed by atoms with Gasteiger partial charge in [0.25, 0.3) is 0 Å². The molecule has 2 fully saturated rings. The van der Waals surface area contributed by atoms with Crippen LogP contribution in [0.25, 0.3) is 0 Å². The fourth-order valence-electron chi connectivity index (χ4n) is 3.55. The Bertz CT molecular complexity index is 456. The van der Waals surface area contributed by atoms with E-state index in [1.165, 1.54) is 25.7 Å². The lowest BCUT2D eigenvalue weighted by Gasteiger charge is -2.29. The first-order valence-electron chi connectivity index (χ1n) is 8.06. The maximum atomic E-state index is 4.79. The molecule has 2 saturated heterocycles. The molecule has 1 N–H and O–H groups in total. The van der Waals surface area contributed by atoms with Crippen molar-refractivity contribution in [3.8, 4) is 0 Å². The highest BCUT2D eigenvalue weighted by Gasteiger charge is 2.34. The monoisotopic (exact) mass is 275 g/mol.